The molecule has 0 fully saturated rings. The Morgan fingerprint density at radius 3 is 1.18 bits per heavy atom. The smallest absolute Gasteiger partial charge is 0.252 e. The number of anilines is 6. The predicted octanol–water partition coefficient (Wildman–Crippen LogP) is 15.2. The topological polar surface area (TPSA) is 32.8 Å². The number of hydrogen-bond donors (Lipinski definition) is 0. The van der Waals surface area contributed by atoms with Crippen LogP contribution in [0.5, 0.6) is 0 Å². The maximum atomic E-state index is 6.77. The summed E-state index contributed by atoms with van der Waals surface area (Å²) in [7, 11) is 0. The van der Waals surface area contributed by atoms with Crippen LogP contribution in [0.3, 0.4) is 0 Å². The van der Waals surface area contributed by atoms with Gasteiger partial charge in [-0.2, -0.15) is 0 Å². The van der Waals surface area contributed by atoms with Crippen LogP contribution < -0.4 is 26.2 Å². The monoisotopic (exact) mass is 852 g/mol. The van der Waals surface area contributed by atoms with Crippen molar-refractivity contribution >= 4 is 123 Å². The van der Waals surface area contributed by atoms with Crippen molar-refractivity contribution in [2.75, 3.05) is 9.80 Å². The molecule has 4 heterocycles. The highest BCUT2D eigenvalue weighted by Gasteiger charge is 2.46. The Bertz CT molecular complexity index is 3930. The van der Waals surface area contributed by atoms with Crippen LogP contribution in [0, 0.1) is 0 Å². The van der Waals surface area contributed by atoms with Crippen molar-refractivity contribution in [1.82, 2.24) is 0 Å². The second-order valence-electron chi connectivity index (χ2n) is 17.9. The van der Waals surface area contributed by atoms with Crippen molar-refractivity contribution in [1.29, 1.82) is 0 Å². The van der Waals surface area contributed by atoms with E-state index in [1.54, 1.807) is 0 Å². The zero-order chi connectivity index (χ0) is 43.7. The molecule has 0 radical (unpaired) electrons. The lowest BCUT2D eigenvalue weighted by Crippen LogP contribution is -2.61. The highest BCUT2D eigenvalue weighted by atomic mass is 16.3. The van der Waals surface area contributed by atoms with Gasteiger partial charge in [0, 0.05) is 33.3 Å². The van der Waals surface area contributed by atoms with E-state index in [0.29, 0.717) is 0 Å². The Labute approximate surface area is 386 Å². The summed E-state index contributed by atoms with van der Waals surface area (Å²) in [6.07, 6.45) is 0. The summed E-state index contributed by atoms with van der Waals surface area (Å²) in [5.41, 5.74) is 18.6. The van der Waals surface area contributed by atoms with Crippen LogP contribution in [0.15, 0.2) is 233 Å². The van der Waals surface area contributed by atoms with Crippen molar-refractivity contribution in [3.05, 3.63) is 224 Å². The third kappa shape index (κ3) is 5.19. The lowest BCUT2D eigenvalue weighted by molar-refractivity contribution is 0.668. The number of para-hydroxylation sites is 2. The van der Waals surface area contributed by atoms with Crippen molar-refractivity contribution in [3.8, 4) is 22.3 Å². The number of fused-ring (bicyclic) bond motifs is 14. The molecule has 0 aliphatic carbocycles. The second-order valence-corrected chi connectivity index (χ2v) is 17.9. The van der Waals surface area contributed by atoms with E-state index in [-0.39, 0.29) is 6.71 Å². The van der Waals surface area contributed by atoms with E-state index in [1.807, 2.05) is 0 Å². The normalized spacial score (nSPS) is 13.0. The number of hydrogen-bond acceptors (Lipinski definition) is 4. The molecule has 2 aliphatic heterocycles. The summed E-state index contributed by atoms with van der Waals surface area (Å²) in [4.78, 5) is 5.13. The van der Waals surface area contributed by atoms with Gasteiger partial charge in [0.25, 0.3) is 6.71 Å². The molecular weight excluding hydrogens is 816 g/mol. The molecule has 2 aromatic heterocycles. The van der Waals surface area contributed by atoms with E-state index in [2.05, 4.69) is 234 Å². The molecule has 0 unspecified atom stereocenters. The second kappa shape index (κ2) is 13.9. The number of furan rings is 2. The summed E-state index contributed by atoms with van der Waals surface area (Å²) in [5, 5.41) is 9.16. The lowest BCUT2D eigenvalue weighted by Gasteiger charge is -2.45. The molecule has 11 aromatic carbocycles. The largest absolute Gasteiger partial charge is 0.456 e. The molecule has 0 saturated heterocycles. The van der Waals surface area contributed by atoms with Crippen LogP contribution in [-0.4, -0.2) is 6.71 Å². The Balaban J connectivity index is 1.13. The van der Waals surface area contributed by atoms with Gasteiger partial charge in [-0.3, -0.25) is 0 Å². The van der Waals surface area contributed by atoms with Crippen LogP contribution in [0.2, 0.25) is 0 Å². The highest BCUT2D eigenvalue weighted by Crippen LogP contribution is 2.53. The molecule has 67 heavy (non-hydrogen) atoms. The van der Waals surface area contributed by atoms with Gasteiger partial charge in [0.1, 0.15) is 22.3 Å². The minimum absolute atomic E-state index is 0.138. The van der Waals surface area contributed by atoms with Crippen LogP contribution in [-0.2, 0) is 0 Å². The van der Waals surface area contributed by atoms with E-state index >= 15 is 0 Å². The first-order chi connectivity index (χ1) is 33.2. The van der Waals surface area contributed by atoms with Gasteiger partial charge in [-0.25, -0.2) is 0 Å². The van der Waals surface area contributed by atoms with Crippen LogP contribution in [0.25, 0.3) is 87.7 Å². The van der Waals surface area contributed by atoms with Crippen molar-refractivity contribution in [2.24, 2.45) is 0 Å². The minimum Gasteiger partial charge on any atom is -0.456 e. The fourth-order valence-corrected chi connectivity index (χ4v) is 11.5. The fourth-order valence-electron chi connectivity index (χ4n) is 11.5. The van der Waals surface area contributed by atoms with Crippen molar-refractivity contribution < 1.29 is 8.83 Å². The zero-order valence-electron chi connectivity index (χ0n) is 36.2. The van der Waals surface area contributed by atoms with E-state index < -0.39 is 0 Å². The fraction of sp³-hybridized carbons (Fsp3) is 0. The summed E-state index contributed by atoms with van der Waals surface area (Å²) >= 11 is 0. The van der Waals surface area contributed by atoms with Crippen molar-refractivity contribution in [3.63, 3.8) is 0 Å². The lowest BCUT2D eigenvalue weighted by atomic mass is 9.33. The molecular formula is C62H37BN2O2. The van der Waals surface area contributed by atoms with Gasteiger partial charge >= 0.3 is 0 Å². The Morgan fingerprint density at radius 1 is 0.313 bits per heavy atom. The van der Waals surface area contributed by atoms with Gasteiger partial charge in [-0.05, 0) is 110 Å². The molecule has 0 bridgehead atoms. The molecule has 0 saturated carbocycles. The first-order valence-corrected chi connectivity index (χ1v) is 23.0. The first-order valence-electron chi connectivity index (χ1n) is 23.0. The SMILES string of the molecule is c1ccc(-c2cc3ccccc3cc2N2c3cccc4c3B(c3ccc5oc6ccccc6c5c32)c2ccc3oc5ccccc5c3c2N4c2cc3ccccc3cc2-c2ccccc2)cc1. The number of benzene rings is 11. The summed E-state index contributed by atoms with van der Waals surface area (Å²) in [6.45, 7) is -0.138. The van der Waals surface area contributed by atoms with E-state index in [9.17, 15) is 0 Å². The van der Waals surface area contributed by atoms with Crippen LogP contribution in [0.1, 0.15) is 0 Å². The minimum atomic E-state index is -0.138. The van der Waals surface area contributed by atoms with Crippen LogP contribution in [0.4, 0.5) is 34.1 Å². The highest BCUT2D eigenvalue weighted by molar-refractivity contribution is 7.01. The summed E-state index contributed by atoms with van der Waals surface area (Å²) in [5.74, 6) is 0. The molecule has 4 nitrogen and oxygen atoms in total. The molecule has 0 amide bonds. The number of nitrogens with zero attached hydrogens (tertiary/aromatic N) is 2. The van der Waals surface area contributed by atoms with E-state index in [0.717, 1.165) is 100 Å². The quantitative estimate of drug-likeness (QED) is 0.165. The first kappa shape index (κ1) is 36.5. The molecule has 0 spiro atoms. The summed E-state index contributed by atoms with van der Waals surface area (Å²) in [6, 6.07) is 81.7. The Hall–Kier alpha value is -8.80. The molecule has 2 aliphatic rings. The molecule has 13 aromatic rings. The Morgan fingerprint density at radius 2 is 0.716 bits per heavy atom. The maximum absolute atomic E-state index is 6.77. The molecule has 0 atom stereocenters. The molecule has 310 valence electrons. The van der Waals surface area contributed by atoms with Gasteiger partial charge in [0.05, 0.1) is 33.5 Å². The van der Waals surface area contributed by atoms with Gasteiger partial charge in [0.15, 0.2) is 0 Å². The third-order valence-electron chi connectivity index (χ3n) is 14.4. The van der Waals surface area contributed by atoms with Crippen molar-refractivity contribution in [2.45, 2.75) is 0 Å². The van der Waals surface area contributed by atoms with Gasteiger partial charge < -0.3 is 18.6 Å². The maximum Gasteiger partial charge on any atom is 0.252 e. The van der Waals surface area contributed by atoms with Crippen LogP contribution >= 0.6 is 0 Å². The van der Waals surface area contributed by atoms with Gasteiger partial charge in [-0.15, -0.1) is 0 Å². The molecule has 5 heteroatoms. The predicted molar refractivity (Wildman–Crippen MR) is 281 cm³/mol. The number of rotatable bonds is 4. The average molecular weight is 853 g/mol. The van der Waals surface area contributed by atoms with E-state index in [4.69, 9.17) is 8.83 Å². The van der Waals surface area contributed by atoms with Gasteiger partial charge in [0.2, 0.25) is 0 Å². The average Bonchev–Trinajstić information content (AvgIpc) is 3.97. The molecule has 0 N–H and O–H groups in total. The standard InChI is InChI=1S/C62H37BN2O2/c1-3-16-38(17-4-1)46-34-40-20-7-9-22-42(40)36-52(46)64-50-26-15-27-51-60(50)63(48-30-32-56-58(61(48)64)44-24-11-13-28-54(44)66-56)49-31-33-57-59(45-25-12-14-29-55(45)67-57)62(49)65(51)53-37-43-23-10-8-21-41(43)35-47(53)39-18-5-2-6-19-39/h1-37H. The van der Waals surface area contributed by atoms with E-state index in [1.165, 1.54) is 37.9 Å². The van der Waals surface area contributed by atoms with Gasteiger partial charge in [-0.1, -0.05) is 164 Å². The zero-order valence-corrected chi connectivity index (χ0v) is 36.2. The summed E-state index contributed by atoms with van der Waals surface area (Å²) < 4.78 is 13.5. The molecule has 15 rings (SSSR count). The Kier molecular flexibility index (Phi) is 7.55. The third-order valence-corrected chi connectivity index (χ3v) is 14.4.